The highest BCUT2D eigenvalue weighted by molar-refractivity contribution is 7.90. The molecule has 1 heterocycles. The van der Waals surface area contributed by atoms with E-state index in [-0.39, 0.29) is 16.5 Å². The molecule has 0 amide bonds. The Morgan fingerprint density at radius 1 is 1.00 bits per heavy atom. The van der Waals surface area contributed by atoms with E-state index in [2.05, 4.69) is 9.79 Å². The van der Waals surface area contributed by atoms with E-state index in [0.29, 0.717) is 10.5 Å². The fourth-order valence-electron chi connectivity index (χ4n) is 2.00. The Kier molecular flexibility index (Phi) is 3.89. The van der Waals surface area contributed by atoms with Crippen molar-refractivity contribution in [2.75, 3.05) is 0 Å². The molecule has 0 aliphatic rings. The lowest BCUT2D eigenvalue weighted by atomic mass is 10.2. The number of hydrogen-bond donors (Lipinski definition) is 0. The SMILES string of the molecule is [O-][n+]1onc([S+]([O-])Cc2ccccc2)c1-c1ccccc1. The molecule has 3 rings (SSSR count). The molecule has 0 N–H and O–H groups in total. The van der Waals surface area contributed by atoms with Crippen molar-refractivity contribution in [1.29, 1.82) is 0 Å². The first-order chi connectivity index (χ1) is 10.3. The maximum Gasteiger partial charge on any atom is 0.421 e. The summed E-state index contributed by atoms with van der Waals surface area (Å²) in [6.07, 6.45) is 0. The van der Waals surface area contributed by atoms with Gasteiger partial charge in [-0.15, -0.1) is 0 Å². The number of nitrogens with zero attached hydrogens (tertiary/aromatic N) is 2. The van der Waals surface area contributed by atoms with E-state index in [9.17, 15) is 9.76 Å². The molecule has 1 atom stereocenters. The van der Waals surface area contributed by atoms with Crippen LogP contribution in [-0.2, 0) is 16.9 Å². The van der Waals surface area contributed by atoms with Crippen molar-refractivity contribution in [3.63, 3.8) is 0 Å². The van der Waals surface area contributed by atoms with E-state index >= 15 is 0 Å². The normalized spacial score (nSPS) is 12.2. The minimum atomic E-state index is -1.45. The third-order valence-electron chi connectivity index (χ3n) is 2.99. The standard InChI is InChI=1S/C15H12N2O3S/c18-17-14(13-9-5-2-6-10-13)15(16-20-17)21(19)11-12-7-3-1-4-8-12/h1-10H,11H2. The molecule has 1 aromatic heterocycles. The summed E-state index contributed by atoms with van der Waals surface area (Å²) < 4.78 is 17.1. The molecule has 0 saturated carbocycles. The Hall–Kier alpha value is -2.31. The van der Waals surface area contributed by atoms with E-state index in [1.165, 1.54) is 0 Å². The van der Waals surface area contributed by atoms with Crippen molar-refractivity contribution in [3.8, 4) is 11.3 Å². The van der Waals surface area contributed by atoms with Crippen LogP contribution < -0.4 is 4.90 Å². The molecule has 3 aromatic rings. The molecule has 0 saturated heterocycles. The molecule has 2 aromatic carbocycles. The van der Waals surface area contributed by atoms with Crippen molar-refractivity contribution >= 4 is 11.2 Å². The van der Waals surface area contributed by atoms with Gasteiger partial charge in [0.25, 0.3) is 5.69 Å². The van der Waals surface area contributed by atoms with E-state index in [1.54, 1.807) is 24.3 Å². The zero-order valence-electron chi connectivity index (χ0n) is 11.0. The van der Waals surface area contributed by atoms with Crippen LogP contribution in [0.3, 0.4) is 0 Å². The highest BCUT2D eigenvalue weighted by Crippen LogP contribution is 2.24. The molecular formula is C15H12N2O3S. The van der Waals surface area contributed by atoms with Crippen molar-refractivity contribution in [2.24, 2.45) is 0 Å². The molecule has 0 spiro atoms. The summed E-state index contributed by atoms with van der Waals surface area (Å²) in [6.45, 7) is 0. The van der Waals surface area contributed by atoms with Crippen LogP contribution in [0.1, 0.15) is 5.56 Å². The summed E-state index contributed by atoms with van der Waals surface area (Å²) in [6, 6.07) is 18.3. The third kappa shape index (κ3) is 2.91. The lowest BCUT2D eigenvalue weighted by molar-refractivity contribution is -0.793. The predicted octanol–water partition coefficient (Wildman–Crippen LogP) is 2.28. The van der Waals surface area contributed by atoms with Gasteiger partial charge in [-0.1, -0.05) is 60.7 Å². The minimum absolute atomic E-state index is 0.167. The number of rotatable bonds is 4. The Labute approximate surface area is 124 Å². The van der Waals surface area contributed by atoms with Crippen LogP contribution in [0, 0.1) is 5.21 Å². The van der Waals surface area contributed by atoms with Gasteiger partial charge in [-0.05, 0) is 4.90 Å². The van der Waals surface area contributed by atoms with Crippen LogP contribution in [0.5, 0.6) is 0 Å². The molecule has 0 aliphatic heterocycles. The molecule has 106 valence electrons. The summed E-state index contributed by atoms with van der Waals surface area (Å²) in [5.41, 5.74) is 1.74. The predicted molar refractivity (Wildman–Crippen MR) is 77.5 cm³/mol. The van der Waals surface area contributed by atoms with Crippen LogP contribution in [0.15, 0.2) is 70.3 Å². The molecule has 6 heteroatoms. The Morgan fingerprint density at radius 3 is 2.29 bits per heavy atom. The first-order valence-corrected chi connectivity index (χ1v) is 7.65. The number of benzene rings is 2. The van der Waals surface area contributed by atoms with E-state index in [4.69, 9.17) is 0 Å². The summed E-state index contributed by atoms with van der Waals surface area (Å²) in [5.74, 6) is 0.285. The lowest BCUT2D eigenvalue weighted by Crippen LogP contribution is -2.26. The average Bonchev–Trinajstić information content (AvgIpc) is 2.91. The second kappa shape index (κ2) is 5.99. The van der Waals surface area contributed by atoms with E-state index < -0.39 is 11.2 Å². The second-order valence-electron chi connectivity index (χ2n) is 4.43. The van der Waals surface area contributed by atoms with Crippen LogP contribution in [0.4, 0.5) is 0 Å². The molecule has 0 fully saturated rings. The van der Waals surface area contributed by atoms with Gasteiger partial charge in [0.15, 0.2) is 0 Å². The quantitative estimate of drug-likeness (QED) is 0.547. The maximum atomic E-state index is 12.5. The van der Waals surface area contributed by atoms with Gasteiger partial charge in [0.05, 0.1) is 0 Å². The van der Waals surface area contributed by atoms with Gasteiger partial charge in [0, 0.05) is 22.3 Å². The zero-order chi connectivity index (χ0) is 14.7. The van der Waals surface area contributed by atoms with Crippen molar-refractivity contribution in [3.05, 3.63) is 71.4 Å². The van der Waals surface area contributed by atoms with Gasteiger partial charge < -0.3 is 9.76 Å². The van der Waals surface area contributed by atoms with Crippen LogP contribution in [0.2, 0.25) is 0 Å². The van der Waals surface area contributed by atoms with Gasteiger partial charge in [0.1, 0.15) is 10.9 Å². The van der Waals surface area contributed by atoms with Crippen LogP contribution in [0.25, 0.3) is 11.3 Å². The van der Waals surface area contributed by atoms with Crippen molar-refractivity contribution in [2.45, 2.75) is 10.8 Å². The van der Waals surface area contributed by atoms with E-state index in [0.717, 1.165) is 5.56 Å². The summed E-state index contributed by atoms with van der Waals surface area (Å²) in [7, 11) is 0. The molecule has 0 aliphatic carbocycles. The summed E-state index contributed by atoms with van der Waals surface area (Å²) >= 11 is -1.45. The molecule has 5 nitrogen and oxygen atoms in total. The highest BCUT2D eigenvalue weighted by Gasteiger charge is 2.32. The molecule has 21 heavy (non-hydrogen) atoms. The van der Waals surface area contributed by atoms with Gasteiger partial charge in [-0.25, -0.2) is 0 Å². The first kappa shape index (κ1) is 13.7. The van der Waals surface area contributed by atoms with Gasteiger partial charge in [0.2, 0.25) is 0 Å². The molecular weight excluding hydrogens is 288 g/mol. The molecule has 0 radical (unpaired) electrons. The first-order valence-electron chi connectivity index (χ1n) is 6.33. The van der Waals surface area contributed by atoms with Gasteiger partial charge in [-0.3, -0.25) is 4.63 Å². The number of hydrogen-bond acceptors (Lipinski definition) is 4. The lowest BCUT2D eigenvalue weighted by Gasteiger charge is -2.05. The highest BCUT2D eigenvalue weighted by atomic mass is 32.2. The molecule has 0 bridgehead atoms. The summed E-state index contributed by atoms with van der Waals surface area (Å²) in [5, 5.41) is 15.6. The van der Waals surface area contributed by atoms with Crippen LogP contribution >= 0.6 is 0 Å². The van der Waals surface area contributed by atoms with Crippen molar-refractivity contribution < 1.29 is 14.1 Å². The topological polar surface area (TPSA) is 76.0 Å². The minimum Gasteiger partial charge on any atom is -0.608 e. The van der Waals surface area contributed by atoms with E-state index in [1.807, 2.05) is 36.4 Å². The Morgan fingerprint density at radius 2 is 1.62 bits per heavy atom. The van der Waals surface area contributed by atoms with Crippen molar-refractivity contribution in [1.82, 2.24) is 5.16 Å². The zero-order valence-corrected chi connectivity index (χ0v) is 11.8. The Balaban J connectivity index is 1.93. The average molecular weight is 300 g/mol. The van der Waals surface area contributed by atoms with Crippen LogP contribution in [-0.4, -0.2) is 9.71 Å². The largest absolute Gasteiger partial charge is 0.608 e. The van der Waals surface area contributed by atoms with Gasteiger partial charge in [-0.2, -0.15) is 0 Å². The van der Waals surface area contributed by atoms with Gasteiger partial charge >= 0.3 is 5.03 Å². The second-order valence-corrected chi connectivity index (χ2v) is 5.79. The summed E-state index contributed by atoms with van der Waals surface area (Å²) in [4.78, 5) is 0.299. The number of aromatic nitrogens is 2. The Bertz CT molecular complexity index is 716. The maximum absolute atomic E-state index is 12.5. The fourth-order valence-corrected chi connectivity index (χ4v) is 3.16. The third-order valence-corrected chi connectivity index (χ3v) is 4.28. The smallest absolute Gasteiger partial charge is 0.421 e. The fraction of sp³-hybridized carbons (Fsp3) is 0.0667. The molecule has 1 unspecified atom stereocenters. The monoisotopic (exact) mass is 300 g/mol.